The number of ether oxygens (including phenoxy) is 13. The van der Waals surface area contributed by atoms with E-state index < -0.39 is 273 Å². The van der Waals surface area contributed by atoms with E-state index in [4.69, 9.17) is 61.6 Å². The summed E-state index contributed by atoms with van der Waals surface area (Å²) in [5.41, 5.74) is 0. The first-order chi connectivity index (χ1) is 39.7. The minimum atomic E-state index is -2.40. The van der Waals surface area contributed by atoms with Gasteiger partial charge in [0.1, 0.15) is 171 Å². The first kappa shape index (κ1) is 69.1. The van der Waals surface area contributed by atoms with Crippen LogP contribution in [-0.4, -0.2) is 380 Å². The molecule has 0 aromatic rings. The largest absolute Gasteiger partial charge is 0.394 e. The summed E-state index contributed by atoms with van der Waals surface area (Å²) >= 11 is 0. The second-order valence-corrected chi connectivity index (χ2v) is 21.1. The highest BCUT2D eigenvalue weighted by Crippen LogP contribution is 2.38. The highest BCUT2D eigenvalue weighted by molar-refractivity contribution is 5.73. The highest BCUT2D eigenvalue weighted by atomic mass is 16.8. The van der Waals surface area contributed by atoms with Crippen molar-refractivity contribution in [2.45, 2.75) is 229 Å². The van der Waals surface area contributed by atoms with E-state index >= 15 is 0 Å². The van der Waals surface area contributed by atoms with Crippen molar-refractivity contribution >= 4 is 11.8 Å². The van der Waals surface area contributed by atoms with Crippen LogP contribution in [0.4, 0.5) is 0 Å². The Morgan fingerprint density at radius 3 is 1.04 bits per heavy atom. The molecule has 23 N–H and O–H groups in total. The summed E-state index contributed by atoms with van der Waals surface area (Å²) < 4.78 is 75.4. The molecule has 38 heteroatoms. The van der Waals surface area contributed by atoms with Crippen LogP contribution >= 0.6 is 0 Å². The van der Waals surface area contributed by atoms with Crippen molar-refractivity contribution < 1.29 is 178 Å². The number of rotatable bonds is 21. The number of carbonyl (C=O) groups excluding carboxylic acids is 2. The van der Waals surface area contributed by atoms with Crippen molar-refractivity contribution in [2.24, 2.45) is 0 Å². The molecule has 7 aliphatic heterocycles. The molecule has 0 bridgehead atoms. The Morgan fingerprint density at radius 2 is 0.607 bits per heavy atom. The molecule has 7 saturated heterocycles. The zero-order chi connectivity index (χ0) is 61.9. The molecule has 0 unspecified atom stereocenters. The van der Waals surface area contributed by atoms with E-state index in [-0.39, 0.29) is 0 Å². The average Bonchev–Trinajstić information content (AvgIpc) is 3.63. The normalized spacial score (nSPS) is 50.3. The van der Waals surface area contributed by atoms with E-state index in [9.17, 15) is 117 Å². The molecule has 0 aromatic heterocycles. The van der Waals surface area contributed by atoms with Gasteiger partial charge in [-0.05, 0) is 0 Å². The Kier molecular flexibility index (Phi) is 24.6. The monoisotopic (exact) mass is 1230 g/mol. The summed E-state index contributed by atoms with van der Waals surface area (Å²) in [6.45, 7) is -5.05. The Bertz CT molecular complexity index is 2060. The second kappa shape index (κ2) is 29.9. The molecule has 488 valence electrons. The lowest BCUT2D eigenvalue weighted by molar-refractivity contribution is -0.412. The van der Waals surface area contributed by atoms with Crippen molar-refractivity contribution in [1.82, 2.24) is 10.6 Å². The predicted octanol–water partition coefficient (Wildman–Crippen LogP) is -16.0. The van der Waals surface area contributed by atoms with Crippen LogP contribution in [0.3, 0.4) is 0 Å². The number of amides is 2. The quantitative estimate of drug-likeness (QED) is 0.0507. The van der Waals surface area contributed by atoms with Crippen molar-refractivity contribution in [2.75, 3.05) is 46.2 Å². The fourth-order valence-electron chi connectivity index (χ4n) is 10.6. The van der Waals surface area contributed by atoms with Crippen molar-refractivity contribution in [1.29, 1.82) is 0 Å². The molecule has 35 atom stereocenters. The van der Waals surface area contributed by atoms with Gasteiger partial charge in [0, 0.05) is 13.8 Å². The number of aliphatic hydroxyl groups excluding tert-OH is 21. The number of carbonyl (C=O) groups is 2. The molecule has 7 rings (SSSR count). The first-order valence-electron chi connectivity index (χ1n) is 26.6. The molecule has 0 spiro atoms. The van der Waals surface area contributed by atoms with Gasteiger partial charge < -0.3 is 179 Å². The third-order valence-corrected chi connectivity index (χ3v) is 15.3. The lowest BCUT2D eigenvalue weighted by atomic mass is 9.94. The minimum absolute atomic E-state index is 0.750. The fourth-order valence-corrected chi connectivity index (χ4v) is 10.6. The van der Waals surface area contributed by atoms with E-state index in [1.807, 2.05) is 0 Å². The summed E-state index contributed by atoms with van der Waals surface area (Å²) in [5, 5.41) is 232. The maximum Gasteiger partial charge on any atom is 0.217 e. The molecule has 0 saturated carbocycles. The molecule has 7 fully saturated rings. The van der Waals surface area contributed by atoms with Gasteiger partial charge in [-0.15, -0.1) is 0 Å². The smallest absolute Gasteiger partial charge is 0.217 e. The van der Waals surface area contributed by atoms with E-state index in [1.54, 1.807) is 0 Å². The molecule has 2 amide bonds. The summed E-state index contributed by atoms with van der Waals surface area (Å²) in [6, 6.07) is -3.44. The molecular formula is C46H78N2O36. The van der Waals surface area contributed by atoms with Crippen molar-refractivity contribution in [3.05, 3.63) is 0 Å². The first-order valence-corrected chi connectivity index (χ1v) is 26.6. The lowest BCUT2D eigenvalue weighted by Gasteiger charge is -2.51. The number of hydrogen-bond acceptors (Lipinski definition) is 36. The standard InChI is InChI=1S/C46H78N2O36/c1-10(55)47-19-26(62)35(16(7-53)73-40(19)71)80-41-20(48-11(2)56)27(63)36(17(8-54)78-41)81-46-39(32(68)25(61)18(79-46)9-72-42-33(69)28(64)21(57)12(3-49)74-42)84-45-38(31(67)24(60)15(6-52)77-45)83-44-37(30(66)23(59)14(5-51)76-44)82-43-34(70)29(65)22(58)13(4-50)75-43/h12-46,49-54,57-71H,3-9H2,1-2H3,(H,47,55)(H,48,56)/t12-,13-,14-,15-,16-,17-,18-,19-,20-,21-,22-,23-,24-,25-,26-,27-,28+,29+,30+,31+,32+,33+,34+,35-,36-,37+,38+,39+,40-,41+,42+,43-,44-,45-,46+/m1/s1. The second-order valence-electron chi connectivity index (χ2n) is 21.1. The van der Waals surface area contributed by atoms with Gasteiger partial charge in [-0.1, -0.05) is 0 Å². The van der Waals surface area contributed by atoms with E-state index in [2.05, 4.69) is 10.6 Å². The van der Waals surface area contributed by atoms with Crippen LogP contribution in [0.1, 0.15) is 13.8 Å². The van der Waals surface area contributed by atoms with Crippen LogP contribution in [-0.2, 0) is 71.2 Å². The molecule has 7 aliphatic rings. The van der Waals surface area contributed by atoms with Gasteiger partial charge in [0.15, 0.2) is 44.0 Å². The Balaban J connectivity index is 1.22. The van der Waals surface area contributed by atoms with Crippen LogP contribution in [0, 0.1) is 0 Å². The molecule has 7 heterocycles. The average molecular weight is 1240 g/mol. The zero-order valence-corrected chi connectivity index (χ0v) is 44.7. The minimum Gasteiger partial charge on any atom is -0.394 e. The van der Waals surface area contributed by atoms with Gasteiger partial charge in [0.05, 0.1) is 46.2 Å². The van der Waals surface area contributed by atoms with Gasteiger partial charge in [0.25, 0.3) is 0 Å². The highest BCUT2D eigenvalue weighted by Gasteiger charge is 2.59. The van der Waals surface area contributed by atoms with Crippen LogP contribution in [0.15, 0.2) is 0 Å². The van der Waals surface area contributed by atoms with Gasteiger partial charge in [-0.3, -0.25) is 9.59 Å². The maximum atomic E-state index is 12.8. The van der Waals surface area contributed by atoms with Gasteiger partial charge in [-0.25, -0.2) is 0 Å². The predicted molar refractivity (Wildman–Crippen MR) is 255 cm³/mol. The Morgan fingerprint density at radius 1 is 0.310 bits per heavy atom. The van der Waals surface area contributed by atoms with E-state index in [0.717, 1.165) is 13.8 Å². The summed E-state index contributed by atoms with van der Waals surface area (Å²) in [4.78, 5) is 24.8. The molecule has 0 aliphatic carbocycles. The van der Waals surface area contributed by atoms with Crippen LogP contribution in [0.2, 0.25) is 0 Å². The van der Waals surface area contributed by atoms with Crippen LogP contribution in [0.5, 0.6) is 0 Å². The van der Waals surface area contributed by atoms with Gasteiger partial charge in [0.2, 0.25) is 11.8 Å². The van der Waals surface area contributed by atoms with E-state index in [1.165, 1.54) is 0 Å². The van der Waals surface area contributed by atoms with Crippen molar-refractivity contribution in [3.8, 4) is 0 Å². The summed E-state index contributed by atoms with van der Waals surface area (Å²) in [6.07, 6.45) is -66.7. The lowest BCUT2D eigenvalue weighted by Crippen LogP contribution is -2.70. The van der Waals surface area contributed by atoms with Gasteiger partial charge >= 0.3 is 0 Å². The fraction of sp³-hybridized carbons (Fsp3) is 0.957. The number of nitrogens with one attached hydrogen (secondary N) is 2. The SMILES string of the molecule is CC(=O)N[C@@H]1[C@@H](O)[C@H](O[C@@H]2O[C@H](CO)[C@@H](O[C@@H]3O[C@H](CO[C@H]4O[C@H](CO)[C@@H](O)[C@H](O)[C@@H]4O)[C@@H](O)[C@H](O)[C@@H]3O[C@H]3O[C@H](CO)[C@@H](O)[C@H](O)[C@@H]3O[C@H]3O[C@H](CO)[C@@H](O)[C@H](O)[C@@H]3O[C@H]3O[C@H](CO)[C@@H](O)[C@H](O)[C@@H]3O)[C@H](O)[C@H]2NC(C)=O)[C@@H](CO)O[C@H]1O. The van der Waals surface area contributed by atoms with E-state index in [0.29, 0.717) is 0 Å². The molecule has 84 heavy (non-hydrogen) atoms. The molecule has 38 nitrogen and oxygen atoms in total. The Labute approximate surface area is 475 Å². The zero-order valence-electron chi connectivity index (χ0n) is 44.7. The van der Waals surface area contributed by atoms with Crippen LogP contribution in [0.25, 0.3) is 0 Å². The summed E-state index contributed by atoms with van der Waals surface area (Å²) in [5.74, 6) is -1.64. The number of hydrogen-bond donors (Lipinski definition) is 23. The topological polar surface area (TPSA) is 603 Å². The Hall–Kier alpha value is -2.42. The van der Waals surface area contributed by atoms with Crippen LogP contribution < -0.4 is 10.6 Å². The molecular weight excluding hydrogens is 1160 g/mol. The molecule has 0 aromatic carbocycles. The van der Waals surface area contributed by atoms with Crippen molar-refractivity contribution in [3.63, 3.8) is 0 Å². The third kappa shape index (κ3) is 14.7. The number of aliphatic hydroxyl groups is 21. The third-order valence-electron chi connectivity index (χ3n) is 15.3. The summed E-state index contributed by atoms with van der Waals surface area (Å²) in [7, 11) is 0. The molecule has 0 radical (unpaired) electrons. The maximum absolute atomic E-state index is 12.8. The van der Waals surface area contributed by atoms with Gasteiger partial charge in [-0.2, -0.15) is 0 Å².